The number of piperazine rings is 1. The first-order valence-electron chi connectivity index (χ1n) is 10.3. The Morgan fingerprint density at radius 2 is 1.70 bits per heavy atom. The standard InChI is InChI=1S/C18H29N3O4S.C2HF3O2/c1-4-25-16-5-7-17(8-6-16)26(23,24)21(13-15(2)3)14-18(22)20-11-9-19-10-12-20;3-2(4,5)1(6)7/h5-8,15,19H,4,9-14H2,1-3H3;(H,6,7). The molecule has 2 rings (SSSR count). The highest BCUT2D eigenvalue weighted by molar-refractivity contribution is 7.89. The van der Waals surface area contributed by atoms with Gasteiger partial charge in [0.25, 0.3) is 0 Å². The molecule has 0 aliphatic carbocycles. The van der Waals surface area contributed by atoms with Gasteiger partial charge in [-0.2, -0.15) is 17.5 Å². The molecule has 2 N–H and O–H groups in total. The number of aliphatic carboxylic acids is 1. The van der Waals surface area contributed by atoms with E-state index in [1.54, 1.807) is 17.0 Å². The molecule has 33 heavy (non-hydrogen) atoms. The van der Waals surface area contributed by atoms with Crippen LogP contribution in [0.3, 0.4) is 0 Å². The van der Waals surface area contributed by atoms with Crippen LogP contribution < -0.4 is 10.1 Å². The molecule has 0 spiro atoms. The van der Waals surface area contributed by atoms with E-state index in [0.717, 1.165) is 13.1 Å². The number of hydrogen-bond donors (Lipinski definition) is 2. The lowest BCUT2D eigenvalue weighted by Gasteiger charge is -2.30. The topological polar surface area (TPSA) is 116 Å². The van der Waals surface area contributed by atoms with E-state index in [4.69, 9.17) is 14.6 Å². The molecule has 0 unspecified atom stereocenters. The Labute approximate surface area is 191 Å². The summed E-state index contributed by atoms with van der Waals surface area (Å²) in [5.41, 5.74) is 0. The molecule has 9 nitrogen and oxygen atoms in total. The lowest BCUT2D eigenvalue weighted by Crippen LogP contribution is -2.50. The van der Waals surface area contributed by atoms with Gasteiger partial charge in [0.2, 0.25) is 15.9 Å². The number of ether oxygens (including phenoxy) is 1. The lowest BCUT2D eigenvalue weighted by atomic mass is 10.2. The second-order valence-electron chi connectivity index (χ2n) is 7.53. The zero-order valence-corrected chi connectivity index (χ0v) is 19.6. The minimum Gasteiger partial charge on any atom is -0.494 e. The van der Waals surface area contributed by atoms with Gasteiger partial charge in [-0.1, -0.05) is 13.8 Å². The Hall–Kier alpha value is -2.38. The van der Waals surface area contributed by atoms with Gasteiger partial charge in [0.1, 0.15) is 5.75 Å². The molecule has 1 aliphatic rings. The fourth-order valence-electron chi connectivity index (χ4n) is 2.84. The predicted octanol–water partition coefficient (Wildman–Crippen LogP) is 1.80. The summed E-state index contributed by atoms with van der Waals surface area (Å²) in [5.74, 6) is -2.17. The van der Waals surface area contributed by atoms with Crippen molar-refractivity contribution in [3.05, 3.63) is 24.3 Å². The summed E-state index contributed by atoms with van der Waals surface area (Å²) in [6.07, 6.45) is -5.08. The molecule has 0 aromatic heterocycles. The Balaban J connectivity index is 0.000000675. The van der Waals surface area contributed by atoms with E-state index >= 15 is 0 Å². The van der Waals surface area contributed by atoms with Crippen LogP contribution in [-0.4, -0.2) is 86.7 Å². The zero-order chi connectivity index (χ0) is 25.2. The number of amides is 1. The second kappa shape index (κ2) is 12.8. The zero-order valence-electron chi connectivity index (χ0n) is 18.8. The van der Waals surface area contributed by atoms with Gasteiger partial charge < -0.3 is 20.1 Å². The first-order valence-corrected chi connectivity index (χ1v) is 11.7. The summed E-state index contributed by atoms with van der Waals surface area (Å²) >= 11 is 0. The van der Waals surface area contributed by atoms with Gasteiger partial charge in [-0.05, 0) is 37.1 Å². The van der Waals surface area contributed by atoms with Crippen LogP contribution in [0, 0.1) is 5.92 Å². The van der Waals surface area contributed by atoms with Crippen molar-refractivity contribution < 1.29 is 41.0 Å². The van der Waals surface area contributed by atoms with Gasteiger partial charge in [0, 0.05) is 32.7 Å². The van der Waals surface area contributed by atoms with E-state index in [0.29, 0.717) is 32.0 Å². The Bertz CT molecular complexity index is 870. The summed E-state index contributed by atoms with van der Waals surface area (Å²) in [6, 6.07) is 6.34. The number of halogens is 3. The number of nitrogens with one attached hydrogen (secondary N) is 1. The highest BCUT2D eigenvalue weighted by Crippen LogP contribution is 2.21. The van der Waals surface area contributed by atoms with E-state index in [1.165, 1.54) is 16.4 Å². The third-order valence-electron chi connectivity index (χ3n) is 4.37. The molecule has 0 bridgehead atoms. The number of carbonyl (C=O) groups excluding carboxylic acids is 1. The molecular formula is C20H30F3N3O6S. The minimum absolute atomic E-state index is 0.114. The monoisotopic (exact) mass is 497 g/mol. The molecule has 188 valence electrons. The van der Waals surface area contributed by atoms with Crippen LogP contribution in [0.4, 0.5) is 13.2 Å². The van der Waals surface area contributed by atoms with Crippen molar-refractivity contribution in [3.8, 4) is 5.75 Å². The third kappa shape index (κ3) is 9.56. The van der Waals surface area contributed by atoms with Crippen molar-refractivity contribution in [1.82, 2.24) is 14.5 Å². The number of hydrogen-bond acceptors (Lipinski definition) is 6. The maximum atomic E-state index is 13.1. The number of benzene rings is 1. The highest BCUT2D eigenvalue weighted by Gasteiger charge is 2.38. The third-order valence-corrected chi connectivity index (χ3v) is 6.19. The molecule has 0 radical (unpaired) electrons. The average Bonchev–Trinajstić information content (AvgIpc) is 2.74. The smallest absolute Gasteiger partial charge is 0.490 e. The highest BCUT2D eigenvalue weighted by atomic mass is 32.2. The molecule has 1 aromatic rings. The first-order chi connectivity index (χ1) is 15.3. The average molecular weight is 498 g/mol. The van der Waals surface area contributed by atoms with E-state index in [2.05, 4.69) is 5.32 Å². The van der Waals surface area contributed by atoms with Crippen LogP contribution in [0.25, 0.3) is 0 Å². The maximum Gasteiger partial charge on any atom is 0.490 e. The van der Waals surface area contributed by atoms with Crippen molar-refractivity contribution in [2.45, 2.75) is 31.8 Å². The van der Waals surface area contributed by atoms with Crippen LogP contribution in [0.15, 0.2) is 29.2 Å². The minimum atomic E-state index is -5.08. The molecule has 0 saturated carbocycles. The molecule has 0 atom stereocenters. The SMILES string of the molecule is CCOc1ccc(S(=O)(=O)N(CC(=O)N2CCNCC2)CC(C)C)cc1.O=C(O)C(F)(F)F. The normalized spacial score (nSPS) is 14.6. The number of sulfonamides is 1. The largest absolute Gasteiger partial charge is 0.494 e. The van der Waals surface area contributed by atoms with Crippen LogP contribution in [0.2, 0.25) is 0 Å². The van der Waals surface area contributed by atoms with Crippen molar-refractivity contribution in [1.29, 1.82) is 0 Å². The number of carboxylic acids is 1. The molecule has 1 fully saturated rings. The van der Waals surface area contributed by atoms with Crippen molar-refractivity contribution >= 4 is 21.9 Å². The quantitative estimate of drug-likeness (QED) is 0.563. The van der Waals surface area contributed by atoms with Gasteiger partial charge in [-0.25, -0.2) is 13.2 Å². The van der Waals surface area contributed by atoms with E-state index in [9.17, 15) is 26.4 Å². The first kappa shape index (κ1) is 28.7. The Morgan fingerprint density at radius 1 is 1.18 bits per heavy atom. The van der Waals surface area contributed by atoms with Gasteiger partial charge in [0.05, 0.1) is 18.0 Å². The van der Waals surface area contributed by atoms with Crippen molar-refractivity contribution in [2.75, 3.05) is 45.9 Å². The van der Waals surface area contributed by atoms with Gasteiger partial charge in [-0.3, -0.25) is 4.79 Å². The lowest BCUT2D eigenvalue weighted by molar-refractivity contribution is -0.192. The fraction of sp³-hybridized carbons (Fsp3) is 0.600. The summed E-state index contributed by atoms with van der Waals surface area (Å²) in [6.45, 7) is 9.13. The summed E-state index contributed by atoms with van der Waals surface area (Å²) in [4.78, 5) is 23.4. The van der Waals surface area contributed by atoms with E-state index in [1.807, 2.05) is 20.8 Å². The Kier molecular flexibility index (Phi) is 11.1. The number of nitrogens with zero attached hydrogens (tertiary/aromatic N) is 2. The number of carboxylic acid groups (broad SMARTS) is 1. The van der Waals surface area contributed by atoms with E-state index < -0.39 is 22.2 Å². The molecule has 1 heterocycles. The summed E-state index contributed by atoms with van der Waals surface area (Å²) in [7, 11) is -3.75. The number of alkyl halides is 3. The molecule has 1 aromatic carbocycles. The van der Waals surface area contributed by atoms with Gasteiger partial charge >= 0.3 is 12.1 Å². The van der Waals surface area contributed by atoms with Gasteiger partial charge in [0.15, 0.2) is 0 Å². The number of carbonyl (C=O) groups is 2. The van der Waals surface area contributed by atoms with Crippen molar-refractivity contribution in [2.24, 2.45) is 5.92 Å². The molecule has 1 aliphatic heterocycles. The van der Waals surface area contributed by atoms with Crippen LogP contribution >= 0.6 is 0 Å². The predicted molar refractivity (Wildman–Crippen MR) is 114 cm³/mol. The van der Waals surface area contributed by atoms with Crippen LogP contribution in [0.1, 0.15) is 20.8 Å². The summed E-state index contributed by atoms with van der Waals surface area (Å²) in [5, 5.41) is 10.3. The van der Waals surface area contributed by atoms with Crippen molar-refractivity contribution in [3.63, 3.8) is 0 Å². The number of rotatable bonds is 8. The molecule has 1 amide bonds. The van der Waals surface area contributed by atoms with Crippen LogP contribution in [0.5, 0.6) is 5.75 Å². The fourth-order valence-corrected chi connectivity index (χ4v) is 4.40. The van der Waals surface area contributed by atoms with Crippen LogP contribution in [-0.2, 0) is 19.6 Å². The second-order valence-corrected chi connectivity index (χ2v) is 9.47. The van der Waals surface area contributed by atoms with Gasteiger partial charge in [-0.15, -0.1) is 0 Å². The summed E-state index contributed by atoms with van der Waals surface area (Å²) < 4.78 is 64.5. The maximum absolute atomic E-state index is 13.1. The van der Waals surface area contributed by atoms with E-state index in [-0.39, 0.29) is 23.3 Å². The molecular weight excluding hydrogens is 467 g/mol. The Morgan fingerprint density at radius 3 is 2.12 bits per heavy atom. The molecule has 1 saturated heterocycles. The molecule has 13 heteroatoms.